The van der Waals surface area contributed by atoms with Crippen LogP contribution in [0.25, 0.3) is 0 Å². The molecule has 1 heteroatoms. The van der Waals surface area contributed by atoms with Gasteiger partial charge in [0.1, 0.15) is 0 Å². The smallest absolute Gasteiger partial charge is 0.00394 e. The Kier molecular flexibility index (Phi) is 18.0. The fraction of sp³-hybridized carbons (Fsp3) is 0.950. The molecule has 2 N–H and O–H groups in total. The number of nitrogens with two attached hydrogens (primary N) is 1. The lowest BCUT2D eigenvalue weighted by molar-refractivity contribution is 0.524. The van der Waals surface area contributed by atoms with Gasteiger partial charge in [0.25, 0.3) is 0 Å². The van der Waals surface area contributed by atoms with Crippen molar-refractivity contribution in [1.82, 2.24) is 0 Å². The largest absolute Gasteiger partial charge is 0.328 e. The Balaban J connectivity index is 2.93. The van der Waals surface area contributed by atoms with Crippen molar-refractivity contribution in [1.29, 1.82) is 0 Å². The Morgan fingerprint density at radius 3 is 1.14 bits per heavy atom. The van der Waals surface area contributed by atoms with E-state index in [0.717, 1.165) is 6.42 Å². The van der Waals surface area contributed by atoms with E-state index in [4.69, 9.17) is 5.73 Å². The van der Waals surface area contributed by atoms with Gasteiger partial charge in [-0.3, -0.25) is 0 Å². The van der Waals surface area contributed by atoms with E-state index in [1.165, 1.54) is 103 Å². The lowest BCUT2D eigenvalue weighted by Gasteiger charge is -2.05. The average molecular weight is 297 g/mol. The fourth-order valence-corrected chi connectivity index (χ4v) is 2.95. The second kappa shape index (κ2) is 18.0. The Hall–Kier alpha value is -0.0400. The van der Waals surface area contributed by atoms with E-state index in [2.05, 4.69) is 13.8 Å². The van der Waals surface area contributed by atoms with Gasteiger partial charge in [-0.25, -0.2) is 0 Å². The minimum Gasteiger partial charge on any atom is -0.328 e. The van der Waals surface area contributed by atoms with Crippen LogP contribution in [0.1, 0.15) is 116 Å². The summed E-state index contributed by atoms with van der Waals surface area (Å²) in [7, 11) is 0. The Morgan fingerprint density at radius 1 is 0.571 bits per heavy atom. The van der Waals surface area contributed by atoms with Gasteiger partial charge in [0.2, 0.25) is 0 Å². The third-order valence-electron chi connectivity index (χ3n) is 4.43. The highest BCUT2D eigenvalue weighted by atomic mass is 14.6. The number of hydrogen-bond donors (Lipinski definition) is 1. The number of rotatable bonds is 17. The van der Waals surface area contributed by atoms with Crippen LogP contribution in [0.15, 0.2) is 0 Å². The first-order valence-corrected chi connectivity index (χ1v) is 9.86. The molecule has 0 aromatic carbocycles. The molecule has 0 saturated carbocycles. The first kappa shape index (κ1) is 21.0. The molecule has 1 atom stereocenters. The number of hydrogen-bond acceptors (Lipinski definition) is 1. The summed E-state index contributed by atoms with van der Waals surface area (Å²) in [5.41, 5.74) is 5.64. The van der Waals surface area contributed by atoms with Crippen molar-refractivity contribution in [2.45, 2.75) is 122 Å². The molecule has 127 valence electrons. The summed E-state index contributed by atoms with van der Waals surface area (Å²) in [5, 5.41) is 0. The van der Waals surface area contributed by atoms with E-state index in [0.29, 0.717) is 0 Å². The summed E-state index contributed by atoms with van der Waals surface area (Å²) in [4.78, 5) is 0. The van der Waals surface area contributed by atoms with Crippen molar-refractivity contribution >= 4 is 0 Å². The fourth-order valence-electron chi connectivity index (χ4n) is 2.95. The first-order chi connectivity index (χ1) is 10.3. The Morgan fingerprint density at radius 2 is 0.857 bits per heavy atom. The second-order valence-electron chi connectivity index (χ2n) is 6.85. The molecule has 0 rings (SSSR count). The third kappa shape index (κ3) is 20.0. The molecule has 21 heavy (non-hydrogen) atoms. The molecule has 0 aromatic heterocycles. The summed E-state index contributed by atoms with van der Waals surface area (Å²) in [6.07, 6.45) is 23.9. The minimum absolute atomic E-state index is 0.150. The topological polar surface area (TPSA) is 26.0 Å². The highest BCUT2D eigenvalue weighted by molar-refractivity contribution is 4.62. The molecule has 0 heterocycles. The van der Waals surface area contributed by atoms with Gasteiger partial charge in [0.15, 0.2) is 0 Å². The van der Waals surface area contributed by atoms with E-state index in [1.807, 2.05) is 0 Å². The molecular weight excluding hydrogens is 254 g/mol. The average Bonchev–Trinajstić information content (AvgIpc) is 2.46. The molecule has 1 nitrogen and oxygen atoms in total. The molecule has 0 aromatic rings. The monoisotopic (exact) mass is 296 g/mol. The first-order valence-electron chi connectivity index (χ1n) is 9.86. The molecule has 1 unspecified atom stereocenters. The maximum absolute atomic E-state index is 5.64. The molecule has 1 radical (unpaired) electrons. The quantitative estimate of drug-likeness (QED) is 0.293. The summed E-state index contributed by atoms with van der Waals surface area (Å²) < 4.78 is 0. The highest BCUT2D eigenvalue weighted by Gasteiger charge is 1.96. The Bertz CT molecular complexity index is 177. The van der Waals surface area contributed by atoms with Crippen molar-refractivity contribution in [3.8, 4) is 0 Å². The summed E-state index contributed by atoms with van der Waals surface area (Å²) >= 11 is 0. The molecule has 0 saturated heterocycles. The summed E-state index contributed by atoms with van der Waals surface area (Å²) in [6.45, 7) is 6.11. The van der Waals surface area contributed by atoms with Gasteiger partial charge in [0, 0.05) is 6.04 Å². The van der Waals surface area contributed by atoms with E-state index in [9.17, 15) is 0 Å². The lowest BCUT2D eigenvalue weighted by Crippen LogP contribution is -2.14. The zero-order chi connectivity index (χ0) is 15.6. The van der Waals surface area contributed by atoms with Crippen molar-refractivity contribution < 1.29 is 0 Å². The van der Waals surface area contributed by atoms with Crippen LogP contribution < -0.4 is 5.73 Å². The van der Waals surface area contributed by atoms with E-state index in [1.54, 1.807) is 0 Å². The molecular formula is C20H42N. The maximum atomic E-state index is 5.64. The van der Waals surface area contributed by atoms with Crippen molar-refractivity contribution in [3.63, 3.8) is 0 Å². The van der Waals surface area contributed by atoms with Gasteiger partial charge in [-0.15, -0.1) is 0 Å². The predicted molar refractivity (Wildman–Crippen MR) is 97.5 cm³/mol. The predicted octanol–water partition coefficient (Wildman–Crippen LogP) is 6.80. The molecule has 0 bridgehead atoms. The van der Waals surface area contributed by atoms with Crippen LogP contribution in [0.5, 0.6) is 0 Å². The van der Waals surface area contributed by atoms with Gasteiger partial charge in [-0.1, -0.05) is 110 Å². The zero-order valence-corrected chi connectivity index (χ0v) is 14.9. The van der Waals surface area contributed by atoms with Gasteiger partial charge in [-0.2, -0.15) is 0 Å². The van der Waals surface area contributed by atoms with E-state index >= 15 is 0 Å². The standard InChI is InChI=1S/C20H42N/c1-3-4-5-6-7-8-9-10-11-12-13-14-15-16-17-18-19-20(2)21/h20H,2-19,21H2,1H3. The zero-order valence-electron chi connectivity index (χ0n) is 14.9. The van der Waals surface area contributed by atoms with Crippen LogP contribution in [0.2, 0.25) is 0 Å². The van der Waals surface area contributed by atoms with Gasteiger partial charge >= 0.3 is 0 Å². The van der Waals surface area contributed by atoms with Crippen LogP contribution in [-0.4, -0.2) is 6.04 Å². The number of unbranched alkanes of at least 4 members (excludes halogenated alkanes) is 15. The van der Waals surface area contributed by atoms with Gasteiger partial charge in [0.05, 0.1) is 0 Å². The van der Waals surface area contributed by atoms with Crippen molar-refractivity contribution in [3.05, 3.63) is 6.92 Å². The van der Waals surface area contributed by atoms with Crippen molar-refractivity contribution in [2.24, 2.45) is 5.73 Å². The SMILES string of the molecule is [CH2]C(N)CCCCCCCCCCCCCCCCCC. The second-order valence-corrected chi connectivity index (χ2v) is 6.85. The van der Waals surface area contributed by atoms with Crippen LogP contribution in [0, 0.1) is 6.92 Å². The molecule has 0 fully saturated rings. The van der Waals surface area contributed by atoms with Crippen molar-refractivity contribution in [2.75, 3.05) is 0 Å². The summed E-state index contributed by atoms with van der Waals surface area (Å²) in [6, 6.07) is 0.150. The molecule has 0 aliphatic rings. The van der Waals surface area contributed by atoms with Crippen LogP contribution in [-0.2, 0) is 0 Å². The maximum Gasteiger partial charge on any atom is 0.00394 e. The minimum atomic E-state index is 0.150. The summed E-state index contributed by atoms with van der Waals surface area (Å²) in [5.74, 6) is 0. The van der Waals surface area contributed by atoms with Gasteiger partial charge < -0.3 is 5.73 Å². The third-order valence-corrected chi connectivity index (χ3v) is 4.43. The van der Waals surface area contributed by atoms with Gasteiger partial charge in [-0.05, 0) is 13.3 Å². The lowest BCUT2D eigenvalue weighted by atomic mass is 10.0. The Labute approximate surface area is 135 Å². The van der Waals surface area contributed by atoms with Crippen LogP contribution >= 0.6 is 0 Å². The molecule has 0 aliphatic heterocycles. The molecule has 0 amide bonds. The van der Waals surface area contributed by atoms with Crippen LogP contribution in [0.3, 0.4) is 0 Å². The van der Waals surface area contributed by atoms with E-state index < -0.39 is 0 Å². The van der Waals surface area contributed by atoms with E-state index in [-0.39, 0.29) is 6.04 Å². The molecule has 0 spiro atoms. The highest BCUT2D eigenvalue weighted by Crippen LogP contribution is 2.14. The normalized spacial score (nSPS) is 12.7. The molecule has 0 aliphatic carbocycles. The van der Waals surface area contributed by atoms with Crippen LogP contribution in [0.4, 0.5) is 0 Å².